The highest BCUT2D eigenvalue weighted by Crippen LogP contribution is 2.34. The van der Waals surface area contributed by atoms with Crippen molar-refractivity contribution in [3.8, 4) is 11.3 Å². The summed E-state index contributed by atoms with van der Waals surface area (Å²) in [5.74, 6) is -1.65. The number of benzene rings is 1. The number of carbonyl (C=O) groups excluding carboxylic acids is 1. The topological polar surface area (TPSA) is 99.5 Å². The lowest BCUT2D eigenvalue weighted by Crippen LogP contribution is -2.41. The maximum absolute atomic E-state index is 13.6. The molecule has 0 aliphatic carbocycles. The Labute approximate surface area is 179 Å². The predicted molar refractivity (Wildman–Crippen MR) is 100 cm³/mol. The molecule has 2 aromatic heterocycles. The van der Waals surface area contributed by atoms with E-state index in [2.05, 4.69) is 10.1 Å². The van der Waals surface area contributed by atoms with Crippen molar-refractivity contribution in [3.63, 3.8) is 0 Å². The Morgan fingerprint density at radius 1 is 1.28 bits per heavy atom. The molecule has 32 heavy (non-hydrogen) atoms. The number of fused-ring (bicyclic) bond motifs is 1. The second kappa shape index (κ2) is 8.13. The minimum atomic E-state index is -5.24. The van der Waals surface area contributed by atoms with Crippen molar-refractivity contribution in [1.82, 2.24) is 19.9 Å². The van der Waals surface area contributed by atoms with E-state index in [1.54, 1.807) is 24.4 Å². The van der Waals surface area contributed by atoms with E-state index in [0.717, 1.165) is 6.20 Å². The molecule has 1 atom stereocenters. The first-order valence-corrected chi connectivity index (χ1v) is 9.10. The number of amides is 1. The summed E-state index contributed by atoms with van der Waals surface area (Å²) in [6, 6.07) is 4.60. The minimum Gasteiger partial charge on any atom is -0.382 e. The van der Waals surface area contributed by atoms with E-state index in [1.807, 2.05) is 0 Å². The summed E-state index contributed by atoms with van der Waals surface area (Å²) in [6.07, 6.45) is -12.3. The lowest BCUT2D eigenvalue weighted by atomic mass is 10.1. The number of H-pyrrole nitrogens is 1. The highest BCUT2D eigenvalue weighted by molar-refractivity contribution is 6.31. The second-order valence-corrected chi connectivity index (χ2v) is 7.15. The highest BCUT2D eigenvalue weighted by atomic mass is 35.5. The molecule has 1 unspecified atom stereocenters. The summed E-state index contributed by atoms with van der Waals surface area (Å²) in [5, 5.41) is 14.3. The van der Waals surface area contributed by atoms with Gasteiger partial charge in [0, 0.05) is 10.6 Å². The monoisotopic (exact) mass is 482 g/mol. The minimum absolute atomic E-state index is 0.0278. The predicted octanol–water partition coefficient (Wildman–Crippen LogP) is 3.32. The van der Waals surface area contributed by atoms with Crippen LogP contribution in [-0.4, -0.2) is 44.4 Å². The third-order valence-electron chi connectivity index (χ3n) is 4.44. The van der Waals surface area contributed by atoms with Gasteiger partial charge in [0.15, 0.2) is 11.8 Å². The summed E-state index contributed by atoms with van der Waals surface area (Å²) in [6.45, 7) is 0.304. The zero-order valence-electron chi connectivity index (χ0n) is 15.9. The van der Waals surface area contributed by atoms with Gasteiger partial charge in [0.25, 0.3) is 11.5 Å². The number of carbonyl (C=O) groups is 1. The molecule has 0 saturated heterocycles. The fourth-order valence-corrected chi connectivity index (χ4v) is 2.99. The van der Waals surface area contributed by atoms with Crippen molar-refractivity contribution < 1.29 is 36.2 Å². The maximum atomic E-state index is 13.6. The number of aromatic amines is 1. The van der Waals surface area contributed by atoms with Crippen LogP contribution in [0.4, 0.5) is 26.3 Å². The number of nitrogens with zero attached hydrogens (tertiary/aromatic N) is 2. The zero-order valence-corrected chi connectivity index (χ0v) is 16.7. The van der Waals surface area contributed by atoms with Gasteiger partial charge >= 0.3 is 12.4 Å². The molecule has 0 saturated carbocycles. The van der Waals surface area contributed by atoms with Gasteiger partial charge in [-0.3, -0.25) is 9.59 Å². The Kier molecular flexibility index (Phi) is 6.00. The molecule has 1 amide bonds. The number of aliphatic hydroxyl groups excluding tert-OH is 1. The normalized spacial score (nSPS) is 13.4. The number of nitrogens with one attached hydrogen (secondary N) is 2. The first-order valence-electron chi connectivity index (χ1n) is 8.72. The number of aromatic nitrogens is 3. The van der Waals surface area contributed by atoms with E-state index in [9.17, 15) is 35.9 Å². The smallest absolute Gasteiger partial charge is 0.382 e. The molecule has 172 valence electrons. The largest absolute Gasteiger partial charge is 0.421 e. The van der Waals surface area contributed by atoms with Gasteiger partial charge < -0.3 is 15.4 Å². The molecule has 0 aliphatic rings. The van der Waals surface area contributed by atoms with Crippen LogP contribution in [0, 0.1) is 6.92 Å². The van der Waals surface area contributed by atoms with Crippen molar-refractivity contribution in [3.05, 3.63) is 56.6 Å². The Bertz CT molecular complexity index is 1250. The molecule has 3 aromatic rings. The number of hydrogen-bond acceptors (Lipinski definition) is 4. The molecular weight excluding hydrogens is 470 g/mol. The second-order valence-electron chi connectivity index (χ2n) is 6.74. The molecule has 0 bridgehead atoms. The van der Waals surface area contributed by atoms with E-state index >= 15 is 0 Å². The quantitative estimate of drug-likeness (QED) is 0.497. The van der Waals surface area contributed by atoms with Crippen LogP contribution >= 0.6 is 11.6 Å². The first kappa shape index (κ1) is 23.6. The lowest BCUT2D eigenvalue weighted by Gasteiger charge is -2.15. The Balaban J connectivity index is 2.11. The number of halogens is 7. The third-order valence-corrected chi connectivity index (χ3v) is 4.85. The van der Waals surface area contributed by atoms with Crippen LogP contribution < -0.4 is 10.9 Å². The molecule has 3 N–H and O–H groups in total. The van der Waals surface area contributed by atoms with Crippen molar-refractivity contribution in [2.75, 3.05) is 6.54 Å². The van der Waals surface area contributed by atoms with Crippen molar-refractivity contribution in [1.29, 1.82) is 0 Å². The zero-order chi connectivity index (χ0) is 24.0. The van der Waals surface area contributed by atoms with Crippen LogP contribution in [0.2, 0.25) is 5.02 Å². The van der Waals surface area contributed by atoms with Crippen LogP contribution in [0.5, 0.6) is 0 Å². The van der Waals surface area contributed by atoms with Gasteiger partial charge in [-0.25, -0.2) is 4.52 Å². The molecule has 2 heterocycles. The van der Waals surface area contributed by atoms with Gasteiger partial charge in [-0.1, -0.05) is 23.7 Å². The summed E-state index contributed by atoms with van der Waals surface area (Å²) >= 11 is 6.03. The number of rotatable bonds is 4. The summed E-state index contributed by atoms with van der Waals surface area (Å²) < 4.78 is 78.6. The summed E-state index contributed by atoms with van der Waals surface area (Å²) in [5.41, 5.74) is -4.25. The van der Waals surface area contributed by atoms with Crippen LogP contribution in [0.3, 0.4) is 0 Å². The van der Waals surface area contributed by atoms with Gasteiger partial charge in [-0.15, -0.1) is 0 Å². The van der Waals surface area contributed by atoms with Gasteiger partial charge in [-0.05, 0) is 18.6 Å². The van der Waals surface area contributed by atoms with Gasteiger partial charge in [0.2, 0.25) is 0 Å². The van der Waals surface area contributed by atoms with Crippen LogP contribution in [0.25, 0.3) is 16.8 Å². The molecule has 0 spiro atoms. The Morgan fingerprint density at radius 3 is 2.50 bits per heavy atom. The SMILES string of the molecule is Cc1ccc(-c2cn3nc(C(=O)NCC(O)C(F)(F)F)c(C(F)(F)F)c3c(=O)[nH]2)cc1Cl. The molecule has 3 rings (SSSR count). The highest BCUT2D eigenvalue weighted by Gasteiger charge is 2.42. The van der Waals surface area contributed by atoms with Gasteiger partial charge in [-0.2, -0.15) is 31.4 Å². The average Bonchev–Trinajstić information content (AvgIpc) is 3.08. The number of alkyl halides is 6. The molecular formula is C18H13ClF6N4O3. The van der Waals surface area contributed by atoms with Gasteiger partial charge in [0.05, 0.1) is 18.4 Å². The van der Waals surface area contributed by atoms with E-state index < -0.39 is 53.2 Å². The molecule has 0 radical (unpaired) electrons. The van der Waals surface area contributed by atoms with E-state index in [1.165, 1.54) is 6.07 Å². The molecule has 0 fully saturated rings. The van der Waals surface area contributed by atoms with Crippen LogP contribution in [0.15, 0.2) is 29.2 Å². The van der Waals surface area contributed by atoms with Crippen LogP contribution in [-0.2, 0) is 6.18 Å². The van der Waals surface area contributed by atoms with E-state index in [0.29, 0.717) is 20.7 Å². The third kappa shape index (κ3) is 4.58. The van der Waals surface area contributed by atoms with E-state index in [4.69, 9.17) is 16.7 Å². The van der Waals surface area contributed by atoms with Crippen molar-refractivity contribution in [2.24, 2.45) is 0 Å². The Hall–Kier alpha value is -3.06. The summed E-state index contributed by atoms with van der Waals surface area (Å²) in [7, 11) is 0. The molecule has 14 heteroatoms. The van der Waals surface area contributed by atoms with Crippen LogP contribution in [0.1, 0.15) is 21.6 Å². The molecule has 7 nitrogen and oxygen atoms in total. The molecule has 0 aliphatic heterocycles. The number of hydrogen-bond donors (Lipinski definition) is 3. The Morgan fingerprint density at radius 2 is 1.94 bits per heavy atom. The first-order chi connectivity index (χ1) is 14.7. The number of aryl methyl sites for hydroxylation is 1. The lowest BCUT2D eigenvalue weighted by molar-refractivity contribution is -0.201. The summed E-state index contributed by atoms with van der Waals surface area (Å²) in [4.78, 5) is 26.9. The van der Waals surface area contributed by atoms with E-state index in [-0.39, 0.29) is 5.69 Å². The van der Waals surface area contributed by atoms with Gasteiger partial charge in [0.1, 0.15) is 11.1 Å². The van der Waals surface area contributed by atoms with Crippen molar-refractivity contribution in [2.45, 2.75) is 25.4 Å². The average molecular weight is 483 g/mol. The molecule has 1 aromatic carbocycles. The fourth-order valence-electron chi connectivity index (χ4n) is 2.80. The van der Waals surface area contributed by atoms with Crippen molar-refractivity contribution >= 4 is 23.0 Å². The number of aliphatic hydroxyl groups is 1. The standard InChI is InChI=1S/C18H13ClF6N4O3/c1-7-2-3-8(4-9(7)19)10-6-29-14(16(32)27-10)12(18(23,24)25)13(28-29)15(31)26-5-11(30)17(20,21)22/h2-4,6,11,30H,5H2,1H3,(H,26,31)(H,27,32). The fraction of sp³-hybridized carbons (Fsp3) is 0.278. The maximum Gasteiger partial charge on any atom is 0.421 e.